The van der Waals surface area contributed by atoms with Gasteiger partial charge in [0.2, 0.25) is 0 Å². The van der Waals surface area contributed by atoms with Gasteiger partial charge in [-0.2, -0.15) is 0 Å². The Morgan fingerprint density at radius 2 is 1.11 bits per heavy atom. The van der Waals surface area contributed by atoms with Gasteiger partial charge in [0, 0.05) is 0 Å². The minimum atomic E-state index is -1.60. The standard InChI is InChI=1S/2C10H9.C3H8.CH5Si.2ClH.Zr/c2*1-8-6-9-4-2-3-5-10(9)7-8;1-3-2;1-2;;;/h2*2-7H,1H3;3H2,1-2H3;2H2,1H3;2*1H;/q;;;;;;+2/p-2. The second kappa shape index (κ2) is 11.7. The van der Waals surface area contributed by atoms with E-state index in [1.807, 2.05) is 0 Å². The summed E-state index contributed by atoms with van der Waals surface area (Å²) >= 11 is -1.60. The van der Waals surface area contributed by atoms with Crippen LogP contribution in [0.4, 0.5) is 0 Å². The molecule has 2 aromatic carbocycles. The molecule has 4 heteroatoms. The Kier molecular flexibility index (Phi) is 10.7. The molecular formula is C24H31Cl2SiZr. The molecule has 0 saturated heterocycles. The fourth-order valence-corrected chi connectivity index (χ4v) is 25.1. The molecule has 0 saturated carbocycles. The first-order valence-electron chi connectivity index (χ1n) is 10.0. The molecule has 0 radical (unpaired) electrons. The van der Waals surface area contributed by atoms with Crippen LogP contribution < -0.4 is 24.8 Å². The van der Waals surface area contributed by atoms with Crippen LogP contribution in [0, 0.1) is 0 Å². The van der Waals surface area contributed by atoms with Gasteiger partial charge in [-0.05, 0) is 0 Å². The van der Waals surface area contributed by atoms with Crippen LogP contribution in [0.1, 0.15) is 63.6 Å². The quantitative estimate of drug-likeness (QED) is 0.528. The van der Waals surface area contributed by atoms with E-state index in [-0.39, 0.29) is 31.5 Å². The molecule has 2 atom stereocenters. The fraction of sp³-hybridized carbons (Fsp3) is 0.333. The molecule has 2 aromatic rings. The molecular weight excluding hydrogens is 478 g/mol. The number of rotatable bonds is 3. The first kappa shape index (κ1) is 25.6. The van der Waals surface area contributed by atoms with Gasteiger partial charge < -0.3 is 24.8 Å². The number of halogens is 2. The molecule has 28 heavy (non-hydrogen) atoms. The Morgan fingerprint density at radius 1 is 0.750 bits per heavy atom. The Bertz CT molecular complexity index is 777. The van der Waals surface area contributed by atoms with Crippen molar-refractivity contribution in [2.24, 2.45) is 0 Å². The van der Waals surface area contributed by atoms with Gasteiger partial charge in [-0.1, -0.05) is 20.3 Å². The topological polar surface area (TPSA) is 0 Å². The first-order chi connectivity index (χ1) is 12.6. The number of hydrogen-bond donors (Lipinski definition) is 0. The van der Waals surface area contributed by atoms with Crippen LogP contribution in [0.15, 0.2) is 59.7 Å². The van der Waals surface area contributed by atoms with Crippen LogP contribution >= 0.6 is 0 Å². The zero-order chi connectivity index (χ0) is 18.7. The Balaban J connectivity index is 0.000000739. The van der Waals surface area contributed by atoms with Crippen LogP contribution in [-0.4, -0.2) is 6.65 Å². The van der Waals surface area contributed by atoms with Gasteiger partial charge in [0.05, 0.1) is 0 Å². The molecule has 0 bridgehead atoms. The summed E-state index contributed by atoms with van der Waals surface area (Å²) in [5.41, 5.74) is 9.56. The van der Waals surface area contributed by atoms with Gasteiger partial charge in [-0.3, -0.25) is 0 Å². The van der Waals surface area contributed by atoms with E-state index in [1.54, 1.807) is 22.3 Å². The first-order valence-corrected chi connectivity index (χ1v) is 20.2. The van der Waals surface area contributed by atoms with Crippen molar-refractivity contribution in [3.05, 3.63) is 81.9 Å². The SMILES string of the molecule is CCC.C[SiH2][Zr+2]([CH]1C(C)=Cc2ccccc21)[CH]1C(C)=Cc2ccccc21.[Cl-].[Cl-]. The molecule has 0 heterocycles. The van der Waals surface area contributed by atoms with Gasteiger partial charge in [-0.25, -0.2) is 0 Å². The van der Waals surface area contributed by atoms with Gasteiger partial charge in [0.1, 0.15) is 0 Å². The maximum Gasteiger partial charge on any atom is -1.00 e. The summed E-state index contributed by atoms with van der Waals surface area (Å²) in [6.07, 6.45) is 6.18. The van der Waals surface area contributed by atoms with E-state index in [0.29, 0.717) is 0 Å². The molecule has 0 nitrogen and oxygen atoms in total. The maximum atomic E-state index is 2.58. The Hall–Kier alpha value is -0.400. The number of allylic oxidation sites excluding steroid dienone is 2. The summed E-state index contributed by atoms with van der Waals surface area (Å²) in [5, 5.41) is 0. The summed E-state index contributed by atoms with van der Waals surface area (Å²) in [6, 6.07) is 18.3. The average molecular weight is 510 g/mol. The average Bonchev–Trinajstić information content (AvgIpc) is 3.14. The molecule has 2 unspecified atom stereocenters. The summed E-state index contributed by atoms with van der Waals surface area (Å²) in [4.78, 5) is 0. The van der Waals surface area contributed by atoms with Crippen LogP contribution in [0.3, 0.4) is 0 Å². The molecule has 0 spiro atoms. The zero-order valence-electron chi connectivity index (χ0n) is 17.6. The maximum absolute atomic E-state index is 2.58. The molecule has 2 aliphatic rings. The third-order valence-electron chi connectivity index (χ3n) is 5.44. The number of fused-ring (bicyclic) bond motifs is 2. The van der Waals surface area contributed by atoms with E-state index >= 15 is 0 Å². The van der Waals surface area contributed by atoms with Crippen molar-refractivity contribution < 1.29 is 45.7 Å². The van der Waals surface area contributed by atoms with Gasteiger partial charge in [0.25, 0.3) is 0 Å². The fourth-order valence-electron chi connectivity index (χ4n) is 4.52. The Labute approximate surface area is 193 Å². The minimum absolute atomic E-state index is 0. The number of hydrogen-bond acceptors (Lipinski definition) is 0. The summed E-state index contributed by atoms with van der Waals surface area (Å²) in [6.45, 7) is 11.6. The molecule has 0 N–H and O–H groups in total. The molecule has 0 fully saturated rings. The molecule has 2 aliphatic carbocycles. The molecule has 149 valence electrons. The van der Waals surface area contributed by atoms with Crippen LogP contribution in [-0.2, 0) is 20.9 Å². The van der Waals surface area contributed by atoms with Crippen molar-refractivity contribution in [3.63, 3.8) is 0 Å². The molecule has 0 aromatic heterocycles. The van der Waals surface area contributed by atoms with E-state index in [0.717, 1.165) is 7.25 Å². The van der Waals surface area contributed by atoms with Crippen molar-refractivity contribution >= 4 is 18.8 Å². The summed E-state index contributed by atoms with van der Waals surface area (Å²) in [7, 11) is 0. The van der Waals surface area contributed by atoms with Gasteiger partial charge in [-0.15, -0.1) is 0 Å². The molecule has 0 amide bonds. The predicted molar refractivity (Wildman–Crippen MR) is 116 cm³/mol. The van der Waals surface area contributed by atoms with Crippen LogP contribution in [0.2, 0.25) is 6.55 Å². The van der Waals surface area contributed by atoms with Crippen LogP contribution in [0.5, 0.6) is 0 Å². The third-order valence-corrected chi connectivity index (χ3v) is 24.5. The van der Waals surface area contributed by atoms with E-state index in [1.165, 1.54) is 17.5 Å². The van der Waals surface area contributed by atoms with Crippen molar-refractivity contribution in [2.75, 3.05) is 0 Å². The normalized spacial score (nSPS) is 18.8. The van der Waals surface area contributed by atoms with E-state index < -0.39 is 20.9 Å². The van der Waals surface area contributed by atoms with E-state index in [9.17, 15) is 0 Å². The van der Waals surface area contributed by atoms with Gasteiger partial charge >= 0.3 is 149 Å². The van der Waals surface area contributed by atoms with Crippen molar-refractivity contribution in [3.8, 4) is 0 Å². The van der Waals surface area contributed by atoms with Crippen molar-refractivity contribution in [1.29, 1.82) is 0 Å². The molecule has 0 aliphatic heterocycles. The molecule has 4 rings (SSSR count). The van der Waals surface area contributed by atoms with Crippen molar-refractivity contribution in [1.82, 2.24) is 0 Å². The number of benzene rings is 2. The van der Waals surface area contributed by atoms with E-state index in [4.69, 9.17) is 0 Å². The zero-order valence-corrected chi connectivity index (χ0v) is 23.0. The summed E-state index contributed by atoms with van der Waals surface area (Å²) in [5.74, 6) is 0. The van der Waals surface area contributed by atoms with Crippen LogP contribution in [0.25, 0.3) is 12.2 Å². The van der Waals surface area contributed by atoms with Crippen molar-refractivity contribution in [2.45, 2.75) is 47.9 Å². The minimum Gasteiger partial charge on any atom is -1.00 e. The second-order valence-electron chi connectivity index (χ2n) is 7.54. The monoisotopic (exact) mass is 507 g/mol. The largest absolute Gasteiger partial charge is 1.00 e. The van der Waals surface area contributed by atoms with Gasteiger partial charge in [0.15, 0.2) is 0 Å². The van der Waals surface area contributed by atoms with E-state index in [2.05, 4.69) is 94.9 Å². The predicted octanol–water partition coefficient (Wildman–Crippen LogP) is 0.477. The summed E-state index contributed by atoms with van der Waals surface area (Å²) < 4.78 is 1.62. The smallest absolute Gasteiger partial charge is 1.00 e. The Morgan fingerprint density at radius 3 is 1.46 bits per heavy atom. The second-order valence-corrected chi connectivity index (χ2v) is 24.0. The third kappa shape index (κ3) is 5.01.